The van der Waals surface area contributed by atoms with Crippen LogP contribution in [0.25, 0.3) is 10.9 Å². The molecule has 1 atom stereocenters. The van der Waals surface area contributed by atoms with Crippen molar-refractivity contribution in [2.75, 3.05) is 39.9 Å². The van der Waals surface area contributed by atoms with Crippen LogP contribution in [0, 0.1) is 0 Å². The number of rotatable bonds is 10. The number of piperidine rings is 1. The van der Waals surface area contributed by atoms with Crippen LogP contribution >= 0.6 is 0 Å². The van der Waals surface area contributed by atoms with Gasteiger partial charge in [-0.15, -0.1) is 0 Å². The highest BCUT2D eigenvalue weighted by Gasteiger charge is 2.27. The third-order valence-corrected chi connectivity index (χ3v) is 6.93. The van der Waals surface area contributed by atoms with Crippen molar-refractivity contribution < 1.29 is 19.7 Å². The van der Waals surface area contributed by atoms with Gasteiger partial charge in [-0.3, -0.25) is 0 Å². The van der Waals surface area contributed by atoms with Crippen molar-refractivity contribution in [2.24, 2.45) is 0 Å². The predicted octanol–water partition coefficient (Wildman–Crippen LogP) is 2.73. The minimum absolute atomic E-state index is 0.289. The molecular formula is C27H39N3O2+2. The third kappa shape index (κ3) is 5.11. The van der Waals surface area contributed by atoms with E-state index in [4.69, 9.17) is 9.47 Å². The SMILES string of the molecule is CCC[NH+]1CCC([NH2+]C[C@H](c2ccc(OCC)c(OC)c2)c2c[nH]c3ccccc23)CC1. The van der Waals surface area contributed by atoms with Gasteiger partial charge in [0.1, 0.15) is 0 Å². The normalized spacial score (nSPS) is 19.7. The molecule has 1 aliphatic rings. The fourth-order valence-corrected chi connectivity index (χ4v) is 5.22. The Morgan fingerprint density at radius 2 is 1.91 bits per heavy atom. The Kier molecular flexibility index (Phi) is 7.72. The highest BCUT2D eigenvalue weighted by Crippen LogP contribution is 2.35. The molecule has 2 heterocycles. The molecule has 32 heavy (non-hydrogen) atoms. The van der Waals surface area contributed by atoms with Gasteiger partial charge >= 0.3 is 0 Å². The molecular weight excluding hydrogens is 398 g/mol. The first-order valence-electron chi connectivity index (χ1n) is 12.3. The van der Waals surface area contributed by atoms with Crippen molar-refractivity contribution in [3.8, 4) is 11.5 Å². The van der Waals surface area contributed by atoms with Crippen molar-refractivity contribution in [1.29, 1.82) is 0 Å². The number of H-pyrrole nitrogens is 1. The maximum absolute atomic E-state index is 5.77. The van der Waals surface area contributed by atoms with Gasteiger partial charge in [0, 0.05) is 29.9 Å². The van der Waals surface area contributed by atoms with Crippen molar-refractivity contribution in [3.05, 3.63) is 59.8 Å². The zero-order valence-corrected chi connectivity index (χ0v) is 19.8. The van der Waals surface area contributed by atoms with Crippen LogP contribution < -0.4 is 19.7 Å². The second-order valence-corrected chi connectivity index (χ2v) is 8.99. The summed E-state index contributed by atoms with van der Waals surface area (Å²) in [6.07, 6.45) is 6.09. The number of hydrogen-bond donors (Lipinski definition) is 3. The van der Waals surface area contributed by atoms with Crippen molar-refractivity contribution in [2.45, 2.75) is 45.1 Å². The Balaban J connectivity index is 1.58. The van der Waals surface area contributed by atoms with Gasteiger partial charge in [0.15, 0.2) is 11.5 Å². The van der Waals surface area contributed by atoms with Crippen LogP contribution in [0.3, 0.4) is 0 Å². The van der Waals surface area contributed by atoms with E-state index in [1.54, 1.807) is 12.0 Å². The van der Waals surface area contributed by atoms with E-state index in [-0.39, 0.29) is 5.92 Å². The lowest BCUT2D eigenvalue weighted by atomic mass is 9.90. The van der Waals surface area contributed by atoms with Gasteiger partial charge in [0.05, 0.1) is 51.9 Å². The molecule has 172 valence electrons. The van der Waals surface area contributed by atoms with Crippen molar-refractivity contribution >= 4 is 10.9 Å². The van der Waals surface area contributed by atoms with E-state index in [1.165, 1.54) is 60.9 Å². The second kappa shape index (κ2) is 10.9. The Labute approximate surface area is 192 Å². The highest BCUT2D eigenvalue weighted by atomic mass is 16.5. The van der Waals surface area contributed by atoms with Crippen LogP contribution in [0.15, 0.2) is 48.7 Å². The molecule has 1 saturated heterocycles. The summed E-state index contributed by atoms with van der Waals surface area (Å²) < 4.78 is 11.4. The number of likely N-dealkylation sites (tertiary alicyclic amines) is 1. The molecule has 1 fully saturated rings. The van der Waals surface area contributed by atoms with E-state index in [0.29, 0.717) is 12.6 Å². The zero-order chi connectivity index (χ0) is 22.3. The number of aromatic amines is 1. The van der Waals surface area contributed by atoms with E-state index in [0.717, 1.165) is 18.0 Å². The first-order chi connectivity index (χ1) is 15.7. The molecule has 0 radical (unpaired) electrons. The van der Waals surface area contributed by atoms with Gasteiger partial charge in [-0.2, -0.15) is 0 Å². The minimum Gasteiger partial charge on any atom is -0.493 e. The van der Waals surface area contributed by atoms with E-state index in [9.17, 15) is 0 Å². The molecule has 3 aromatic rings. The first-order valence-corrected chi connectivity index (χ1v) is 12.3. The summed E-state index contributed by atoms with van der Waals surface area (Å²) in [4.78, 5) is 5.26. The lowest BCUT2D eigenvalue weighted by molar-refractivity contribution is -0.913. The van der Waals surface area contributed by atoms with Gasteiger partial charge in [0.25, 0.3) is 0 Å². The van der Waals surface area contributed by atoms with Gasteiger partial charge in [0.2, 0.25) is 0 Å². The molecule has 0 saturated carbocycles. The van der Waals surface area contributed by atoms with Gasteiger partial charge in [-0.25, -0.2) is 0 Å². The summed E-state index contributed by atoms with van der Waals surface area (Å²) in [5.74, 6) is 1.91. The van der Waals surface area contributed by atoms with Gasteiger partial charge in [-0.05, 0) is 42.7 Å². The average molecular weight is 438 g/mol. The third-order valence-electron chi connectivity index (χ3n) is 6.93. The lowest BCUT2D eigenvalue weighted by Crippen LogP contribution is -3.14. The molecule has 0 unspecified atom stereocenters. The maximum Gasteiger partial charge on any atom is 0.161 e. The molecule has 0 amide bonds. The van der Waals surface area contributed by atoms with Crippen LogP contribution in [0.4, 0.5) is 0 Å². The molecule has 0 bridgehead atoms. The monoisotopic (exact) mass is 437 g/mol. The number of quaternary nitrogens is 2. The molecule has 4 rings (SSSR count). The average Bonchev–Trinajstić information content (AvgIpc) is 3.25. The van der Waals surface area contributed by atoms with Crippen LogP contribution in [0.5, 0.6) is 11.5 Å². The molecule has 2 aromatic carbocycles. The Morgan fingerprint density at radius 3 is 2.66 bits per heavy atom. The van der Waals surface area contributed by atoms with E-state index in [1.807, 2.05) is 6.92 Å². The number of aromatic nitrogens is 1. The fraction of sp³-hybridized carbons (Fsp3) is 0.481. The predicted molar refractivity (Wildman–Crippen MR) is 130 cm³/mol. The van der Waals surface area contributed by atoms with Crippen LogP contribution in [0.1, 0.15) is 50.2 Å². The minimum atomic E-state index is 0.289. The van der Waals surface area contributed by atoms with Gasteiger partial charge < -0.3 is 24.7 Å². The summed E-state index contributed by atoms with van der Waals surface area (Å²) in [5.41, 5.74) is 3.83. The molecule has 5 heteroatoms. The second-order valence-electron chi connectivity index (χ2n) is 8.99. The number of hydrogen-bond acceptors (Lipinski definition) is 2. The maximum atomic E-state index is 5.77. The molecule has 1 aromatic heterocycles. The van der Waals surface area contributed by atoms with Crippen LogP contribution in [0.2, 0.25) is 0 Å². The smallest absolute Gasteiger partial charge is 0.161 e. The molecule has 4 N–H and O–H groups in total. The molecule has 5 nitrogen and oxygen atoms in total. The van der Waals surface area contributed by atoms with E-state index >= 15 is 0 Å². The Bertz CT molecular complexity index is 991. The largest absolute Gasteiger partial charge is 0.493 e. The Morgan fingerprint density at radius 1 is 1.09 bits per heavy atom. The fourth-order valence-electron chi connectivity index (χ4n) is 5.22. The summed E-state index contributed by atoms with van der Waals surface area (Å²) in [6.45, 7) is 9.90. The number of nitrogens with one attached hydrogen (secondary N) is 2. The zero-order valence-electron chi connectivity index (χ0n) is 19.8. The summed E-state index contributed by atoms with van der Waals surface area (Å²) in [6, 6.07) is 15.8. The number of nitrogens with two attached hydrogens (primary N) is 1. The number of para-hydroxylation sites is 1. The summed E-state index contributed by atoms with van der Waals surface area (Å²) in [5, 5.41) is 3.90. The summed E-state index contributed by atoms with van der Waals surface area (Å²) >= 11 is 0. The first kappa shape index (κ1) is 22.7. The standard InChI is InChI=1S/C27H37N3O2/c1-4-14-30-15-12-21(13-16-30)28-18-23(24-19-29-25-9-7-6-8-22(24)25)20-10-11-26(32-5-2)27(17-20)31-3/h6-11,17,19,21,23,28-29H,4-5,12-16,18H2,1-3H3/p+2/t23-/m1/s1. The van der Waals surface area contributed by atoms with Crippen LogP contribution in [-0.4, -0.2) is 50.9 Å². The van der Waals surface area contributed by atoms with E-state index < -0.39 is 0 Å². The quantitative estimate of drug-likeness (QED) is 0.457. The molecule has 0 spiro atoms. The topological polar surface area (TPSA) is 55.3 Å². The van der Waals surface area contributed by atoms with Crippen molar-refractivity contribution in [3.63, 3.8) is 0 Å². The number of benzene rings is 2. The number of fused-ring (bicyclic) bond motifs is 1. The van der Waals surface area contributed by atoms with Crippen molar-refractivity contribution in [1.82, 2.24) is 4.98 Å². The lowest BCUT2D eigenvalue weighted by Gasteiger charge is -2.29. The summed E-state index contributed by atoms with van der Waals surface area (Å²) in [7, 11) is 1.72. The van der Waals surface area contributed by atoms with Gasteiger partial charge in [-0.1, -0.05) is 31.2 Å². The van der Waals surface area contributed by atoms with Crippen LogP contribution in [-0.2, 0) is 0 Å². The molecule has 1 aliphatic heterocycles. The number of methoxy groups -OCH3 is 1. The highest BCUT2D eigenvalue weighted by molar-refractivity contribution is 5.84. The number of ether oxygens (including phenoxy) is 2. The van der Waals surface area contributed by atoms with E-state index in [2.05, 4.69) is 65.9 Å². The molecule has 0 aliphatic carbocycles. The Hall–Kier alpha value is -2.50.